The van der Waals surface area contributed by atoms with Crippen molar-refractivity contribution in [1.29, 1.82) is 0 Å². The monoisotopic (exact) mass is 286 g/mol. The van der Waals surface area contributed by atoms with Crippen LogP contribution in [0.1, 0.15) is 24.9 Å². The summed E-state index contributed by atoms with van der Waals surface area (Å²) in [5.74, 6) is -0.952. The van der Waals surface area contributed by atoms with E-state index < -0.39 is 23.5 Å². The third kappa shape index (κ3) is 2.65. The minimum atomic E-state index is -4.54. The zero-order valence-corrected chi connectivity index (χ0v) is 11.1. The fraction of sp³-hybridized carbons (Fsp3) is 0.500. The molecule has 0 saturated carbocycles. The Morgan fingerprint density at radius 3 is 2.50 bits per heavy atom. The number of hydrogen-bond donors (Lipinski definition) is 2. The number of nitrogens with one attached hydrogen (secondary N) is 2. The van der Waals surface area contributed by atoms with Crippen molar-refractivity contribution in [2.45, 2.75) is 25.6 Å². The van der Waals surface area contributed by atoms with E-state index in [-0.39, 0.29) is 19.5 Å². The van der Waals surface area contributed by atoms with Gasteiger partial charge in [0.15, 0.2) is 5.41 Å². The summed E-state index contributed by atoms with van der Waals surface area (Å²) in [6.45, 7) is 1.52. The number of amides is 1. The lowest BCUT2D eigenvalue weighted by Crippen LogP contribution is -2.52. The average molecular weight is 286 g/mol. The standard InChI is InChI=1S/C14H17F3N2O/c1-10(11-5-3-2-4-6-11)19-12(20)13(14(15,16)17)7-8-18-9-13/h2-6,10,18H,7-9H2,1H3,(H,19,20)/t10-,13?/m1/s1. The van der Waals surface area contributed by atoms with E-state index in [2.05, 4.69) is 10.6 Å². The quantitative estimate of drug-likeness (QED) is 0.896. The van der Waals surface area contributed by atoms with Gasteiger partial charge in [0.1, 0.15) is 0 Å². The van der Waals surface area contributed by atoms with Gasteiger partial charge in [0.25, 0.3) is 0 Å². The van der Waals surface area contributed by atoms with Gasteiger partial charge < -0.3 is 10.6 Å². The Kier molecular flexibility index (Phi) is 4.04. The Balaban J connectivity index is 2.14. The molecule has 1 amide bonds. The van der Waals surface area contributed by atoms with Crippen LogP contribution >= 0.6 is 0 Å². The summed E-state index contributed by atoms with van der Waals surface area (Å²) in [6, 6.07) is 8.49. The van der Waals surface area contributed by atoms with Gasteiger partial charge in [0.05, 0.1) is 6.04 Å². The molecular formula is C14H17F3N2O. The van der Waals surface area contributed by atoms with Gasteiger partial charge in [-0.25, -0.2) is 0 Å². The largest absolute Gasteiger partial charge is 0.404 e. The molecule has 1 saturated heterocycles. The van der Waals surface area contributed by atoms with E-state index in [4.69, 9.17) is 0 Å². The van der Waals surface area contributed by atoms with Crippen LogP contribution in [0.25, 0.3) is 0 Å². The number of carbonyl (C=O) groups is 1. The van der Waals surface area contributed by atoms with Gasteiger partial charge in [0, 0.05) is 6.54 Å². The number of halogens is 3. The molecular weight excluding hydrogens is 269 g/mol. The molecule has 3 nitrogen and oxygen atoms in total. The van der Waals surface area contributed by atoms with Crippen molar-refractivity contribution in [2.24, 2.45) is 5.41 Å². The molecule has 1 aliphatic heterocycles. The van der Waals surface area contributed by atoms with Crippen molar-refractivity contribution in [2.75, 3.05) is 13.1 Å². The Hall–Kier alpha value is -1.56. The first kappa shape index (κ1) is 14.8. The Labute approximate surface area is 115 Å². The van der Waals surface area contributed by atoms with Gasteiger partial charge in [-0.1, -0.05) is 30.3 Å². The minimum absolute atomic E-state index is 0.201. The number of hydrogen-bond acceptors (Lipinski definition) is 2. The topological polar surface area (TPSA) is 41.1 Å². The van der Waals surface area contributed by atoms with E-state index in [9.17, 15) is 18.0 Å². The van der Waals surface area contributed by atoms with Crippen LogP contribution in [0, 0.1) is 5.41 Å². The van der Waals surface area contributed by atoms with Crippen molar-refractivity contribution < 1.29 is 18.0 Å². The second-order valence-electron chi connectivity index (χ2n) is 5.11. The minimum Gasteiger partial charge on any atom is -0.349 e. The van der Waals surface area contributed by atoms with Gasteiger partial charge in [0.2, 0.25) is 5.91 Å². The molecule has 1 aromatic carbocycles. The molecule has 0 bridgehead atoms. The smallest absolute Gasteiger partial charge is 0.349 e. The highest BCUT2D eigenvalue weighted by Gasteiger charge is 2.61. The Morgan fingerprint density at radius 1 is 1.35 bits per heavy atom. The van der Waals surface area contributed by atoms with Crippen LogP contribution in [0.5, 0.6) is 0 Å². The summed E-state index contributed by atoms with van der Waals surface area (Å²) in [7, 11) is 0. The summed E-state index contributed by atoms with van der Waals surface area (Å²) in [5, 5.41) is 5.12. The summed E-state index contributed by atoms with van der Waals surface area (Å²) in [4.78, 5) is 12.1. The van der Waals surface area contributed by atoms with Gasteiger partial charge in [-0.2, -0.15) is 13.2 Å². The molecule has 6 heteroatoms. The molecule has 1 heterocycles. The van der Waals surface area contributed by atoms with Gasteiger partial charge in [-0.3, -0.25) is 4.79 Å². The zero-order valence-electron chi connectivity index (χ0n) is 11.1. The molecule has 20 heavy (non-hydrogen) atoms. The number of benzene rings is 1. The molecule has 1 fully saturated rings. The fourth-order valence-corrected chi connectivity index (χ4v) is 2.42. The van der Waals surface area contributed by atoms with E-state index in [1.165, 1.54) is 0 Å². The average Bonchev–Trinajstić information content (AvgIpc) is 2.90. The first-order valence-corrected chi connectivity index (χ1v) is 6.50. The van der Waals surface area contributed by atoms with Crippen molar-refractivity contribution in [3.05, 3.63) is 35.9 Å². The molecule has 0 spiro atoms. The Morgan fingerprint density at radius 2 is 2.00 bits per heavy atom. The number of rotatable bonds is 3. The van der Waals surface area contributed by atoms with Crippen LogP contribution in [-0.2, 0) is 4.79 Å². The number of alkyl halides is 3. The van der Waals surface area contributed by atoms with Gasteiger partial charge in [-0.15, -0.1) is 0 Å². The van der Waals surface area contributed by atoms with Crippen molar-refractivity contribution >= 4 is 5.91 Å². The van der Waals surface area contributed by atoms with E-state index in [1.807, 2.05) is 6.07 Å². The molecule has 0 radical (unpaired) electrons. The summed E-state index contributed by atoms with van der Waals surface area (Å²) < 4.78 is 39.7. The van der Waals surface area contributed by atoms with Crippen molar-refractivity contribution in [3.63, 3.8) is 0 Å². The molecule has 1 aliphatic rings. The SMILES string of the molecule is C[C@@H](NC(=O)C1(C(F)(F)F)CCNC1)c1ccccc1. The predicted octanol–water partition coefficient (Wildman–Crippen LogP) is 2.41. The van der Waals surface area contributed by atoms with Crippen molar-refractivity contribution in [3.8, 4) is 0 Å². The Bertz CT molecular complexity index is 467. The van der Waals surface area contributed by atoms with E-state index in [0.29, 0.717) is 0 Å². The second-order valence-corrected chi connectivity index (χ2v) is 5.11. The van der Waals surface area contributed by atoms with Gasteiger partial charge in [-0.05, 0) is 25.5 Å². The molecule has 0 aromatic heterocycles. The maximum Gasteiger partial charge on any atom is 0.404 e. The van der Waals surface area contributed by atoms with Crippen LogP contribution in [0.15, 0.2) is 30.3 Å². The zero-order chi connectivity index (χ0) is 14.8. The maximum absolute atomic E-state index is 13.2. The summed E-state index contributed by atoms with van der Waals surface area (Å²) >= 11 is 0. The molecule has 110 valence electrons. The van der Waals surface area contributed by atoms with E-state index in [1.54, 1.807) is 31.2 Å². The van der Waals surface area contributed by atoms with Crippen LogP contribution in [0.3, 0.4) is 0 Å². The molecule has 0 aliphatic carbocycles. The third-order valence-corrected chi connectivity index (χ3v) is 3.78. The molecule has 2 rings (SSSR count). The first-order chi connectivity index (χ1) is 9.37. The van der Waals surface area contributed by atoms with Gasteiger partial charge >= 0.3 is 6.18 Å². The fourth-order valence-electron chi connectivity index (χ4n) is 2.42. The first-order valence-electron chi connectivity index (χ1n) is 6.50. The highest BCUT2D eigenvalue weighted by Crippen LogP contribution is 2.43. The molecule has 2 atom stereocenters. The molecule has 2 N–H and O–H groups in total. The molecule has 1 aromatic rings. The molecule has 1 unspecified atom stereocenters. The van der Waals surface area contributed by atoms with Crippen LogP contribution < -0.4 is 10.6 Å². The predicted molar refractivity (Wildman–Crippen MR) is 69.0 cm³/mol. The third-order valence-electron chi connectivity index (χ3n) is 3.78. The van der Waals surface area contributed by atoms with Crippen LogP contribution in [0.2, 0.25) is 0 Å². The lowest BCUT2D eigenvalue weighted by molar-refractivity contribution is -0.216. The maximum atomic E-state index is 13.2. The van der Waals surface area contributed by atoms with Crippen LogP contribution in [-0.4, -0.2) is 25.2 Å². The second kappa shape index (κ2) is 5.44. The highest BCUT2D eigenvalue weighted by atomic mass is 19.4. The van der Waals surface area contributed by atoms with E-state index >= 15 is 0 Å². The van der Waals surface area contributed by atoms with Crippen molar-refractivity contribution in [1.82, 2.24) is 10.6 Å². The lowest BCUT2D eigenvalue weighted by Gasteiger charge is -2.30. The van der Waals surface area contributed by atoms with Crippen LogP contribution in [0.4, 0.5) is 13.2 Å². The highest BCUT2D eigenvalue weighted by molar-refractivity contribution is 5.84. The number of carbonyl (C=O) groups excluding carboxylic acids is 1. The summed E-state index contributed by atoms with van der Waals surface area (Å²) in [5.41, 5.74) is -1.53. The summed E-state index contributed by atoms with van der Waals surface area (Å²) in [6.07, 6.45) is -4.76. The van der Waals surface area contributed by atoms with E-state index in [0.717, 1.165) is 5.56 Å². The lowest BCUT2D eigenvalue weighted by atomic mass is 9.84. The normalized spacial score (nSPS) is 24.4.